The van der Waals surface area contributed by atoms with Crippen LogP contribution in [0.2, 0.25) is 0 Å². The van der Waals surface area contributed by atoms with Gasteiger partial charge in [0, 0.05) is 6.04 Å². The van der Waals surface area contributed by atoms with Crippen LogP contribution in [0.1, 0.15) is 12.8 Å². The molecule has 1 aliphatic heterocycles. The lowest BCUT2D eigenvalue weighted by molar-refractivity contribution is 0.126. The Hall–Kier alpha value is 0.390. The van der Waals surface area contributed by atoms with Gasteiger partial charge >= 0.3 is 0 Å². The van der Waals surface area contributed by atoms with Crippen LogP contribution in [0.4, 0.5) is 0 Å². The zero-order chi connectivity index (χ0) is 7.40. The first-order valence-corrected chi connectivity index (χ1v) is 4.76. The Morgan fingerprint density at radius 1 is 1.60 bits per heavy atom. The van der Waals surface area contributed by atoms with Gasteiger partial charge in [0.15, 0.2) is 0 Å². The van der Waals surface area contributed by atoms with Crippen LogP contribution in [0.15, 0.2) is 10.2 Å². The first-order valence-electron chi connectivity index (χ1n) is 3.51. The first-order chi connectivity index (χ1) is 4.83. The van der Waals surface area contributed by atoms with Gasteiger partial charge in [0.1, 0.15) is 0 Å². The average Bonchev–Trinajstić information content (AvgIpc) is 1.88. The quantitative estimate of drug-likeness (QED) is 0.684. The van der Waals surface area contributed by atoms with E-state index in [0.717, 1.165) is 19.4 Å². The van der Waals surface area contributed by atoms with Gasteiger partial charge in [-0.2, -0.15) is 0 Å². The summed E-state index contributed by atoms with van der Waals surface area (Å²) in [4.78, 5) is 0. The van der Waals surface area contributed by atoms with E-state index in [1.807, 2.05) is 4.08 Å². The molecule has 58 valence electrons. The Bertz CT molecular complexity index is 127. The minimum atomic E-state index is -0.0983. The van der Waals surface area contributed by atoms with Crippen molar-refractivity contribution in [2.24, 2.45) is 0 Å². The summed E-state index contributed by atoms with van der Waals surface area (Å²) in [5, 5.41) is 12.5. The molecule has 1 rings (SSSR count). The van der Waals surface area contributed by atoms with E-state index >= 15 is 0 Å². The lowest BCUT2D eigenvalue weighted by Gasteiger charge is -2.24. The van der Waals surface area contributed by atoms with Crippen LogP contribution in [0, 0.1) is 0 Å². The third-order valence-electron chi connectivity index (χ3n) is 1.72. The molecule has 0 aromatic carbocycles. The van der Waals surface area contributed by atoms with Gasteiger partial charge < -0.3 is 10.4 Å². The number of halogens is 1. The van der Waals surface area contributed by atoms with E-state index in [0.29, 0.717) is 6.04 Å². The standard InChI is InChI=1S/C7H12INO/c8-3-1-6-5-7(10)2-4-9-6/h1,3,6-7,9-10H,2,4-5H2/b3-1+. The van der Waals surface area contributed by atoms with Crippen molar-refractivity contribution in [2.45, 2.75) is 25.0 Å². The third kappa shape index (κ3) is 2.56. The monoisotopic (exact) mass is 253 g/mol. The lowest BCUT2D eigenvalue weighted by Crippen LogP contribution is -2.38. The molecule has 3 heteroatoms. The Morgan fingerprint density at radius 3 is 3.00 bits per heavy atom. The SMILES string of the molecule is OC1CCNC(/C=C/I)C1. The van der Waals surface area contributed by atoms with E-state index in [2.05, 4.69) is 34.0 Å². The highest BCUT2D eigenvalue weighted by molar-refractivity contribution is 14.1. The van der Waals surface area contributed by atoms with Gasteiger partial charge in [0.05, 0.1) is 6.10 Å². The summed E-state index contributed by atoms with van der Waals surface area (Å²) in [7, 11) is 0. The topological polar surface area (TPSA) is 32.3 Å². The second kappa shape index (κ2) is 4.31. The van der Waals surface area contributed by atoms with Crippen LogP contribution in [-0.4, -0.2) is 23.8 Å². The fraction of sp³-hybridized carbons (Fsp3) is 0.714. The number of aliphatic hydroxyl groups is 1. The summed E-state index contributed by atoms with van der Waals surface area (Å²) in [5.74, 6) is 0. The van der Waals surface area contributed by atoms with Crippen LogP contribution in [0.25, 0.3) is 0 Å². The highest BCUT2D eigenvalue weighted by atomic mass is 127. The van der Waals surface area contributed by atoms with Crippen LogP contribution in [-0.2, 0) is 0 Å². The molecular formula is C7H12INO. The molecule has 0 radical (unpaired) electrons. The van der Waals surface area contributed by atoms with E-state index in [-0.39, 0.29) is 6.10 Å². The minimum absolute atomic E-state index is 0.0983. The molecule has 2 unspecified atom stereocenters. The Morgan fingerprint density at radius 2 is 2.40 bits per heavy atom. The van der Waals surface area contributed by atoms with E-state index in [4.69, 9.17) is 0 Å². The molecule has 1 saturated heterocycles. The summed E-state index contributed by atoms with van der Waals surface area (Å²) in [6.07, 6.45) is 3.74. The minimum Gasteiger partial charge on any atom is -0.393 e. The van der Waals surface area contributed by atoms with Crippen LogP contribution < -0.4 is 5.32 Å². The molecule has 2 atom stereocenters. The molecule has 0 bridgehead atoms. The van der Waals surface area contributed by atoms with Crippen LogP contribution in [0.5, 0.6) is 0 Å². The predicted molar refractivity (Wildman–Crippen MR) is 50.2 cm³/mol. The fourth-order valence-electron chi connectivity index (χ4n) is 1.16. The molecule has 0 aromatic rings. The summed E-state index contributed by atoms with van der Waals surface area (Å²) in [6, 6.07) is 0.389. The Labute approximate surface area is 74.8 Å². The first kappa shape index (κ1) is 8.49. The maximum Gasteiger partial charge on any atom is 0.0570 e. The van der Waals surface area contributed by atoms with Crippen LogP contribution in [0.3, 0.4) is 0 Å². The van der Waals surface area contributed by atoms with Gasteiger partial charge in [-0.3, -0.25) is 0 Å². The number of piperidine rings is 1. The van der Waals surface area contributed by atoms with Crippen molar-refractivity contribution in [3.63, 3.8) is 0 Å². The van der Waals surface area contributed by atoms with Crippen molar-refractivity contribution in [1.82, 2.24) is 5.32 Å². The van der Waals surface area contributed by atoms with Crippen molar-refractivity contribution in [2.75, 3.05) is 6.54 Å². The largest absolute Gasteiger partial charge is 0.393 e. The van der Waals surface area contributed by atoms with E-state index in [9.17, 15) is 5.11 Å². The predicted octanol–water partition coefficient (Wildman–Crippen LogP) is 1.05. The molecule has 2 nitrogen and oxygen atoms in total. The summed E-state index contributed by atoms with van der Waals surface area (Å²) in [6.45, 7) is 0.937. The maximum absolute atomic E-state index is 9.23. The molecular weight excluding hydrogens is 241 g/mol. The second-order valence-corrected chi connectivity index (χ2v) is 3.28. The molecule has 0 aromatic heterocycles. The number of rotatable bonds is 1. The van der Waals surface area contributed by atoms with Crippen molar-refractivity contribution in [1.29, 1.82) is 0 Å². The van der Waals surface area contributed by atoms with Crippen molar-refractivity contribution < 1.29 is 5.11 Å². The molecule has 1 fully saturated rings. The normalized spacial score (nSPS) is 35.0. The van der Waals surface area contributed by atoms with E-state index in [1.165, 1.54) is 0 Å². The lowest BCUT2D eigenvalue weighted by atomic mass is 10.0. The maximum atomic E-state index is 9.23. The van der Waals surface area contributed by atoms with Crippen molar-refractivity contribution in [3.05, 3.63) is 10.2 Å². The number of aliphatic hydroxyl groups excluding tert-OH is 1. The number of hydrogen-bond donors (Lipinski definition) is 2. The van der Waals surface area contributed by atoms with Gasteiger partial charge in [-0.25, -0.2) is 0 Å². The van der Waals surface area contributed by atoms with Gasteiger partial charge in [0.2, 0.25) is 0 Å². The highest BCUT2D eigenvalue weighted by Crippen LogP contribution is 2.09. The van der Waals surface area contributed by atoms with E-state index in [1.54, 1.807) is 0 Å². The van der Waals surface area contributed by atoms with Gasteiger partial charge in [-0.1, -0.05) is 28.7 Å². The molecule has 0 spiro atoms. The zero-order valence-electron chi connectivity index (χ0n) is 5.76. The molecule has 2 N–H and O–H groups in total. The smallest absolute Gasteiger partial charge is 0.0570 e. The molecule has 1 aliphatic rings. The molecule has 0 amide bonds. The molecule has 10 heavy (non-hydrogen) atoms. The molecule has 0 saturated carbocycles. The second-order valence-electron chi connectivity index (χ2n) is 2.56. The van der Waals surface area contributed by atoms with Gasteiger partial charge in [-0.05, 0) is 23.5 Å². The molecule has 0 aliphatic carbocycles. The third-order valence-corrected chi connectivity index (χ3v) is 2.13. The summed E-state index contributed by atoms with van der Waals surface area (Å²) in [5.41, 5.74) is 0. The average molecular weight is 253 g/mol. The van der Waals surface area contributed by atoms with Gasteiger partial charge in [-0.15, -0.1) is 0 Å². The van der Waals surface area contributed by atoms with E-state index < -0.39 is 0 Å². The Kier molecular flexibility index (Phi) is 3.65. The van der Waals surface area contributed by atoms with Gasteiger partial charge in [0.25, 0.3) is 0 Å². The fourth-order valence-corrected chi connectivity index (χ4v) is 1.67. The van der Waals surface area contributed by atoms with Crippen molar-refractivity contribution >= 4 is 22.6 Å². The van der Waals surface area contributed by atoms with Crippen LogP contribution >= 0.6 is 22.6 Å². The number of hydrogen-bond acceptors (Lipinski definition) is 2. The summed E-state index contributed by atoms with van der Waals surface area (Å²) >= 11 is 2.19. The molecule has 1 heterocycles. The summed E-state index contributed by atoms with van der Waals surface area (Å²) < 4.78 is 1.99. The zero-order valence-corrected chi connectivity index (χ0v) is 7.91. The number of nitrogens with one attached hydrogen (secondary N) is 1. The van der Waals surface area contributed by atoms with Crippen molar-refractivity contribution in [3.8, 4) is 0 Å². The Balaban J connectivity index is 2.32. The highest BCUT2D eigenvalue weighted by Gasteiger charge is 2.16.